The van der Waals surface area contributed by atoms with Gasteiger partial charge < -0.3 is 5.32 Å². The van der Waals surface area contributed by atoms with Crippen LogP contribution in [-0.4, -0.2) is 37.6 Å². The van der Waals surface area contributed by atoms with Crippen molar-refractivity contribution in [1.82, 2.24) is 10.2 Å². The fourth-order valence-electron chi connectivity index (χ4n) is 3.54. The first-order valence-corrected chi connectivity index (χ1v) is 8.77. The lowest BCUT2D eigenvalue weighted by Crippen LogP contribution is -2.45. The Morgan fingerprint density at radius 3 is 2.10 bits per heavy atom. The van der Waals surface area contributed by atoms with Crippen molar-refractivity contribution in [3.63, 3.8) is 0 Å². The summed E-state index contributed by atoms with van der Waals surface area (Å²) in [5.41, 5.74) is 0.442. The molecule has 1 saturated carbocycles. The predicted molar refractivity (Wildman–Crippen MR) is 94.7 cm³/mol. The summed E-state index contributed by atoms with van der Waals surface area (Å²) in [7, 11) is 0. The fraction of sp³-hybridized carbons (Fsp3) is 0.789. The average molecular weight is 293 g/mol. The van der Waals surface area contributed by atoms with Crippen molar-refractivity contribution >= 4 is 0 Å². The maximum absolute atomic E-state index is 3.91. The molecule has 2 nitrogen and oxygen atoms in total. The number of rotatable bonds is 10. The van der Waals surface area contributed by atoms with Crippen LogP contribution in [0.3, 0.4) is 0 Å². The molecule has 0 aliphatic heterocycles. The van der Waals surface area contributed by atoms with Crippen LogP contribution in [0.2, 0.25) is 0 Å². The quantitative estimate of drug-likeness (QED) is 0.478. The van der Waals surface area contributed by atoms with Crippen LogP contribution in [0.4, 0.5) is 0 Å². The molecule has 2 heteroatoms. The molecule has 0 atom stereocenters. The van der Waals surface area contributed by atoms with Gasteiger partial charge in [-0.05, 0) is 30.7 Å². The second-order valence-corrected chi connectivity index (χ2v) is 7.21. The van der Waals surface area contributed by atoms with Gasteiger partial charge in [0.25, 0.3) is 0 Å². The van der Waals surface area contributed by atoms with Gasteiger partial charge in [-0.3, -0.25) is 4.90 Å². The average Bonchev–Trinajstić information content (AvgIpc) is 2.65. The van der Waals surface area contributed by atoms with Gasteiger partial charge in [-0.25, -0.2) is 0 Å². The van der Waals surface area contributed by atoms with Crippen LogP contribution in [0.25, 0.3) is 0 Å². The SMILES string of the molecule is C=CCN(CC=C)CC1(CNCC(C)C)CCCCCC1. The molecule has 0 bridgehead atoms. The van der Waals surface area contributed by atoms with Gasteiger partial charge in [0, 0.05) is 26.2 Å². The minimum Gasteiger partial charge on any atom is -0.316 e. The van der Waals surface area contributed by atoms with Gasteiger partial charge >= 0.3 is 0 Å². The third-order valence-corrected chi connectivity index (χ3v) is 4.55. The predicted octanol–water partition coefficient (Wildman–Crippen LogP) is 4.25. The number of nitrogens with one attached hydrogen (secondary N) is 1. The van der Waals surface area contributed by atoms with E-state index in [0.717, 1.165) is 32.1 Å². The van der Waals surface area contributed by atoms with Crippen LogP contribution in [0.5, 0.6) is 0 Å². The summed E-state index contributed by atoms with van der Waals surface area (Å²) in [4.78, 5) is 2.50. The largest absolute Gasteiger partial charge is 0.316 e. The highest BCUT2D eigenvalue weighted by molar-refractivity contribution is 4.90. The van der Waals surface area contributed by atoms with Crippen LogP contribution in [-0.2, 0) is 0 Å². The molecule has 0 unspecified atom stereocenters. The standard InChI is InChI=1S/C19H36N2/c1-5-13-21(14-6-2)17-19(16-20-15-18(3)4)11-9-7-8-10-12-19/h5-6,18,20H,1-2,7-17H2,3-4H3. The van der Waals surface area contributed by atoms with E-state index in [1.807, 2.05) is 12.2 Å². The molecule has 0 heterocycles. The highest BCUT2D eigenvalue weighted by Gasteiger charge is 2.32. The summed E-state index contributed by atoms with van der Waals surface area (Å²) < 4.78 is 0. The van der Waals surface area contributed by atoms with E-state index in [2.05, 4.69) is 37.2 Å². The van der Waals surface area contributed by atoms with Crippen LogP contribution >= 0.6 is 0 Å². The van der Waals surface area contributed by atoms with E-state index >= 15 is 0 Å². The Kier molecular flexibility index (Phi) is 8.94. The fourth-order valence-corrected chi connectivity index (χ4v) is 3.54. The Morgan fingerprint density at radius 2 is 1.62 bits per heavy atom. The number of hydrogen-bond donors (Lipinski definition) is 1. The summed E-state index contributed by atoms with van der Waals surface area (Å²) in [6.45, 7) is 17.8. The van der Waals surface area contributed by atoms with Crippen molar-refractivity contribution in [2.75, 3.05) is 32.7 Å². The lowest BCUT2D eigenvalue weighted by molar-refractivity contribution is 0.143. The highest BCUT2D eigenvalue weighted by Crippen LogP contribution is 2.35. The molecule has 122 valence electrons. The second-order valence-electron chi connectivity index (χ2n) is 7.21. The molecule has 0 aromatic carbocycles. The zero-order valence-electron chi connectivity index (χ0n) is 14.4. The van der Waals surface area contributed by atoms with Gasteiger partial charge in [-0.15, -0.1) is 13.2 Å². The molecular formula is C19H36N2. The minimum atomic E-state index is 0.442. The second kappa shape index (κ2) is 10.2. The van der Waals surface area contributed by atoms with Crippen molar-refractivity contribution in [3.8, 4) is 0 Å². The Balaban J connectivity index is 2.68. The van der Waals surface area contributed by atoms with Crippen LogP contribution in [0.1, 0.15) is 52.4 Å². The third-order valence-electron chi connectivity index (χ3n) is 4.55. The topological polar surface area (TPSA) is 15.3 Å². The minimum absolute atomic E-state index is 0.442. The molecule has 0 radical (unpaired) electrons. The number of nitrogens with zero attached hydrogens (tertiary/aromatic N) is 1. The lowest BCUT2D eigenvalue weighted by Gasteiger charge is -2.38. The summed E-state index contributed by atoms with van der Waals surface area (Å²) >= 11 is 0. The van der Waals surface area contributed by atoms with Crippen molar-refractivity contribution in [1.29, 1.82) is 0 Å². The van der Waals surface area contributed by atoms with Crippen molar-refractivity contribution < 1.29 is 0 Å². The van der Waals surface area contributed by atoms with Gasteiger partial charge in [-0.1, -0.05) is 51.7 Å². The molecule has 1 aliphatic carbocycles. The van der Waals surface area contributed by atoms with E-state index in [0.29, 0.717) is 5.41 Å². The molecule has 0 spiro atoms. The highest BCUT2D eigenvalue weighted by atomic mass is 15.1. The molecular weight excluding hydrogens is 256 g/mol. The first-order valence-electron chi connectivity index (χ1n) is 8.77. The Bertz CT molecular complexity index is 278. The van der Waals surface area contributed by atoms with Gasteiger partial charge in [0.15, 0.2) is 0 Å². The maximum atomic E-state index is 3.91. The zero-order chi connectivity index (χ0) is 15.6. The molecule has 0 aromatic rings. The molecule has 1 fully saturated rings. The normalized spacial score (nSPS) is 18.7. The summed E-state index contributed by atoms with van der Waals surface area (Å²) in [6, 6.07) is 0. The van der Waals surface area contributed by atoms with Crippen molar-refractivity contribution in [3.05, 3.63) is 25.3 Å². The van der Waals surface area contributed by atoms with Gasteiger partial charge in [0.2, 0.25) is 0 Å². The van der Waals surface area contributed by atoms with Gasteiger partial charge in [0.1, 0.15) is 0 Å². The molecule has 0 saturated heterocycles. The molecule has 1 N–H and O–H groups in total. The van der Waals surface area contributed by atoms with E-state index in [1.165, 1.54) is 45.1 Å². The van der Waals surface area contributed by atoms with Crippen LogP contribution in [0.15, 0.2) is 25.3 Å². The zero-order valence-corrected chi connectivity index (χ0v) is 14.4. The summed E-state index contributed by atoms with van der Waals surface area (Å²) in [5.74, 6) is 0.727. The van der Waals surface area contributed by atoms with Crippen LogP contribution in [0, 0.1) is 11.3 Å². The Labute approximate surface area is 132 Å². The molecule has 0 aromatic heterocycles. The Hall–Kier alpha value is -0.600. The van der Waals surface area contributed by atoms with E-state index in [-0.39, 0.29) is 0 Å². The van der Waals surface area contributed by atoms with E-state index < -0.39 is 0 Å². The van der Waals surface area contributed by atoms with Crippen molar-refractivity contribution in [2.45, 2.75) is 52.4 Å². The maximum Gasteiger partial charge on any atom is 0.0164 e. The molecule has 1 aliphatic rings. The first kappa shape index (κ1) is 18.4. The van der Waals surface area contributed by atoms with E-state index in [4.69, 9.17) is 0 Å². The molecule has 21 heavy (non-hydrogen) atoms. The van der Waals surface area contributed by atoms with Gasteiger partial charge in [-0.2, -0.15) is 0 Å². The Morgan fingerprint density at radius 1 is 1.05 bits per heavy atom. The first-order chi connectivity index (χ1) is 10.1. The van der Waals surface area contributed by atoms with Gasteiger partial charge in [0.05, 0.1) is 0 Å². The number of hydrogen-bond acceptors (Lipinski definition) is 2. The van der Waals surface area contributed by atoms with E-state index in [1.54, 1.807) is 0 Å². The summed E-state index contributed by atoms with van der Waals surface area (Å²) in [5, 5.41) is 3.73. The monoisotopic (exact) mass is 292 g/mol. The molecule has 1 rings (SSSR count). The van der Waals surface area contributed by atoms with Crippen LogP contribution < -0.4 is 5.32 Å². The van der Waals surface area contributed by atoms with Crippen molar-refractivity contribution in [2.24, 2.45) is 11.3 Å². The lowest BCUT2D eigenvalue weighted by atomic mass is 9.79. The summed E-state index contributed by atoms with van der Waals surface area (Å²) in [6.07, 6.45) is 12.4. The van der Waals surface area contributed by atoms with E-state index in [9.17, 15) is 0 Å². The molecule has 0 amide bonds. The third kappa shape index (κ3) is 7.28. The smallest absolute Gasteiger partial charge is 0.0164 e.